The maximum Gasteiger partial charge on any atom is 0.331 e. The highest BCUT2D eigenvalue weighted by molar-refractivity contribution is 6.30. The van der Waals surface area contributed by atoms with Gasteiger partial charge in [-0.3, -0.25) is 13.9 Å². The molecule has 8 nitrogen and oxygen atoms in total. The highest BCUT2D eigenvalue weighted by atomic mass is 35.5. The van der Waals surface area contributed by atoms with Crippen molar-refractivity contribution in [3.8, 4) is 0 Å². The van der Waals surface area contributed by atoms with Crippen LogP contribution in [0.5, 0.6) is 0 Å². The summed E-state index contributed by atoms with van der Waals surface area (Å²) in [7, 11) is 1.56. The Hall–Kier alpha value is -2.71. The maximum absolute atomic E-state index is 12.3. The predicted molar refractivity (Wildman–Crippen MR) is 96.1 cm³/mol. The monoisotopic (exact) mass is 375 g/mol. The van der Waals surface area contributed by atoms with E-state index in [2.05, 4.69) is 10.1 Å². The number of benzene rings is 1. The topological polar surface area (TPSA) is 109 Å². The van der Waals surface area contributed by atoms with Gasteiger partial charge in [-0.15, -0.1) is 0 Å². The summed E-state index contributed by atoms with van der Waals surface area (Å²) in [6, 6.07) is 8.86. The van der Waals surface area contributed by atoms with Crippen LogP contribution in [0.25, 0.3) is 0 Å². The van der Waals surface area contributed by atoms with E-state index >= 15 is 0 Å². The fourth-order valence-electron chi connectivity index (χ4n) is 2.56. The van der Waals surface area contributed by atoms with Crippen molar-refractivity contribution >= 4 is 11.6 Å². The molecule has 0 aliphatic heterocycles. The summed E-state index contributed by atoms with van der Waals surface area (Å²) >= 11 is 5.86. The second kappa shape index (κ2) is 7.67. The van der Waals surface area contributed by atoms with Gasteiger partial charge < -0.3 is 10.3 Å². The normalized spacial score (nSPS) is 11.0. The minimum atomic E-state index is -0.473. The van der Waals surface area contributed by atoms with Gasteiger partial charge >= 0.3 is 5.69 Å². The van der Waals surface area contributed by atoms with E-state index in [9.17, 15) is 9.59 Å². The molecule has 0 saturated carbocycles. The van der Waals surface area contributed by atoms with Gasteiger partial charge in [-0.25, -0.2) is 4.79 Å². The average molecular weight is 376 g/mol. The Morgan fingerprint density at radius 2 is 1.92 bits per heavy atom. The van der Waals surface area contributed by atoms with E-state index in [1.54, 1.807) is 7.05 Å². The summed E-state index contributed by atoms with van der Waals surface area (Å²) in [5, 5.41) is 4.59. The van der Waals surface area contributed by atoms with E-state index in [4.69, 9.17) is 21.9 Å². The first-order valence-electron chi connectivity index (χ1n) is 8.03. The largest absolute Gasteiger partial charge is 0.337 e. The molecule has 1 aromatic carbocycles. The zero-order chi connectivity index (χ0) is 18.7. The Kier molecular flexibility index (Phi) is 5.34. The van der Waals surface area contributed by atoms with Crippen molar-refractivity contribution in [1.29, 1.82) is 0 Å². The van der Waals surface area contributed by atoms with Crippen LogP contribution in [0.2, 0.25) is 5.02 Å². The SMILES string of the molecule is Cn1c(CN)cc(=O)n(Cc2nc(CCc3ccc(Cl)cc3)no2)c1=O. The third-order valence-corrected chi connectivity index (χ3v) is 4.32. The van der Waals surface area contributed by atoms with Crippen molar-refractivity contribution in [2.45, 2.75) is 25.9 Å². The van der Waals surface area contributed by atoms with E-state index < -0.39 is 11.2 Å². The van der Waals surface area contributed by atoms with Gasteiger partial charge in [0.1, 0.15) is 6.54 Å². The molecule has 3 aromatic rings. The minimum Gasteiger partial charge on any atom is -0.337 e. The number of rotatable bonds is 6. The molecule has 9 heteroatoms. The lowest BCUT2D eigenvalue weighted by molar-refractivity contribution is 0.361. The van der Waals surface area contributed by atoms with Crippen LogP contribution in [-0.4, -0.2) is 19.3 Å². The summed E-state index contributed by atoms with van der Waals surface area (Å²) in [4.78, 5) is 28.7. The molecule has 2 aromatic heterocycles. The van der Waals surface area contributed by atoms with E-state index in [1.807, 2.05) is 24.3 Å². The molecule has 0 aliphatic carbocycles. The molecule has 2 heterocycles. The maximum atomic E-state index is 12.3. The molecule has 0 radical (unpaired) electrons. The molecule has 3 rings (SSSR count). The van der Waals surface area contributed by atoms with Crippen molar-refractivity contribution in [2.75, 3.05) is 0 Å². The molecular weight excluding hydrogens is 358 g/mol. The Balaban J connectivity index is 1.73. The number of aryl methyl sites for hydroxylation is 2. The third-order valence-electron chi connectivity index (χ3n) is 4.07. The Bertz CT molecular complexity index is 1020. The molecule has 136 valence electrons. The van der Waals surface area contributed by atoms with Crippen LogP contribution in [-0.2, 0) is 33.0 Å². The Morgan fingerprint density at radius 3 is 2.62 bits per heavy atom. The van der Waals surface area contributed by atoms with E-state index in [1.165, 1.54) is 10.6 Å². The molecule has 0 spiro atoms. The molecule has 26 heavy (non-hydrogen) atoms. The molecule has 0 aliphatic rings. The van der Waals surface area contributed by atoms with E-state index in [0.717, 1.165) is 16.6 Å². The van der Waals surface area contributed by atoms with Crippen LogP contribution in [0.3, 0.4) is 0 Å². The van der Waals surface area contributed by atoms with Gasteiger partial charge in [0.2, 0.25) is 5.89 Å². The van der Waals surface area contributed by atoms with Crippen molar-refractivity contribution < 1.29 is 4.52 Å². The zero-order valence-electron chi connectivity index (χ0n) is 14.2. The Morgan fingerprint density at radius 1 is 1.19 bits per heavy atom. The Labute approximate surface area is 153 Å². The van der Waals surface area contributed by atoms with Crippen LogP contribution >= 0.6 is 11.6 Å². The van der Waals surface area contributed by atoms with Gasteiger partial charge in [0.25, 0.3) is 5.56 Å². The molecule has 0 unspecified atom stereocenters. The highest BCUT2D eigenvalue weighted by Gasteiger charge is 2.13. The van der Waals surface area contributed by atoms with Gasteiger partial charge in [-0.05, 0) is 24.1 Å². The number of hydrogen-bond donors (Lipinski definition) is 1. The summed E-state index contributed by atoms with van der Waals surface area (Å²) in [5.74, 6) is 0.717. The molecule has 0 amide bonds. The number of nitrogens with two attached hydrogens (primary N) is 1. The number of nitrogens with zero attached hydrogens (tertiary/aromatic N) is 4. The zero-order valence-corrected chi connectivity index (χ0v) is 14.9. The smallest absolute Gasteiger partial charge is 0.331 e. The standard InChI is InChI=1S/C17H18ClN5O3/c1-22-13(9-19)8-16(24)23(17(22)25)10-15-20-14(21-26-15)7-4-11-2-5-12(18)6-3-11/h2-3,5-6,8H,4,7,9-10,19H2,1H3. The molecule has 2 N–H and O–H groups in total. The van der Waals surface area contributed by atoms with Gasteiger partial charge in [0.05, 0.1) is 0 Å². The number of halogens is 1. The van der Waals surface area contributed by atoms with Crippen LogP contribution < -0.4 is 17.0 Å². The van der Waals surface area contributed by atoms with Crippen molar-refractivity contribution in [1.82, 2.24) is 19.3 Å². The molecular formula is C17H18ClN5O3. The first-order chi connectivity index (χ1) is 12.5. The predicted octanol–water partition coefficient (Wildman–Crippen LogP) is 0.876. The van der Waals surface area contributed by atoms with Gasteiger partial charge in [-0.2, -0.15) is 4.98 Å². The fraction of sp³-hybridized carbons (Fsp3) is 0.294. The second-order valence-electron chi connectivity index (χ2n) is 5.84. The minimum absolute atomic E-state index is 0.0791. The van der Waals surface area contributed by atoms with Crippen LogP contribution in [0.1, 0.15) is 23.0 Å². The lowest BCUT2D eigenvalue weighted by atomic mass is 10.1. The van der Waals surface area contributed by atoms with E-state index in [0.29, 0.717) is 23.0 Å². The van der Waals surface area contributed by atoms with Gasteiger partial charge in [0.15, 0.2) is 5.82 Å². The molecule has 0 bridgehead atoms. The third kappa shape index (κ3) is 3.92. The summed E-state index contributed by atoms with van der Waals surface area (Å²) in [6.45, 7) is 0.0293. The second-order valence-corrected chi connectivity index (χ2v) is 6.27. The first-order valence-corrected chi connectivity index (χ1v) is 8.41. The quantitative estimate of drug-likeness (QED) is 0.684. The summed E-state index contributed by atoms with van der Waals surface area (Å²) < 4.78 is 7.54. The number of hydrogen-bond acceptors (Lipinski definition) is 6. The summed E-state index contributed by atoms with van der Waals surface area (Å²) in [6.07, 6.45) is 1.30. The fourth-order valence-corrected chi connectivity index (χ4v) is 2.68. The molecule has 0 saturated heterocycles. The van der Waals surface area contributed by atoms with Crippen molar-refractivity contribution in [2.24, 2.45) is 12.8 Å². The van der Waals surface area contributed by atoms with Crippen LogP contribution in [0, 0.1) is 0 Å². The van der Waals surface area contributed by atoms with Crippen molar-refractivity contribution in [3.05, 3.63) is 79.2 Å². The molecule has 0 fully saturated rings. The summed E-state index contributed by atoms with van der Waals surface area (Å²) in [5.41, 5.74) is 6.17. The lowest BCUT2D eigenvalue weighted by Crippen LogP contribution is -2.40. The van der Waals surface area contributed by atoms with E-state index in [-0.39, 0.29) is 19.0 Å². The van der Waals surface area contributed by atoms with Crippen LogP contribution in [0.4, 0.5) is 0 Å². The van der Waals surface area contributed by atoms with Gasteiger partial charge in [0, 0.05) is 36.8 Å². The van der Waals surface area contributed by atoms with Crippen molar-refractivity contribution in [3.63, 3.8) is 0 Å². The highest BCUT2D eigenvalue weighted by Crippen LogP contribution is 2.11. The van der Waals surface area contributed by atoms with Crippen LogP contribution in [0.15, 0.2) is 44.4 Å². The average Bonchev–Trinajstić information content (AvgIpc) is 3.09. The molecule has 0 atom stereocenters. The first kappa shape index (κ1) is 18.1. The van der Waals surface area contributed by atoms with Gasteiger partial charge in [-0.1, -0.05) is 28.9 Å². The lowest BCUT2D eigenvalue weighted by Gasteiger charge is -2.08. The number of aromatic nitrogens is 4.